The highest BCUT2D eigenvalue weighted by molar-refractivity contribution is 5.77. The highest BCUT2D eigenvalue weighted by Gasteiger charge is 2.13. The smallest absolute Gasteiger partial charge is 0.155 e. The number of rotatable bonds is 2. The van der Waals surface area contributed by atoms with Crippen molar-refractivity contribution in [2.24, 2.45) is 0 Å². The normalized spacial score (nSPS) is 11.1. The minimum Gasteiger partial charge on any atom is -0.220 e. The van der Waals surface area contributed by atoms with Gasteiger partial charge in [0.15, 0.2) is 5.65 Å². The maximum absolute atomic E-state index is 4.28. The van der Waals surface area contributed by atoms with E-state index in [0.717, 1.165) is 28.2 Å². The van der Waals surface area contributed by atoms with Gasteiger partial charge in [-0.25, -0.2) is 9.50 Å². The average Bonchev–Trinajstić information content (AvgIpc) is 3.16. The number of hydrogen-bond acceptors (Lipinski definition) is 4. The van der Waals surface area contributed by atoms with Gasteiger partial charge in [0.05, 0.1) is 0 Å². The van der Waals surface area contributed by atoms with Crippen LogP contribution in [0.1, 0.15) is 5.56 Å². The van der Waals surface area contributed by atoms with Crippen molar-refractivity contribution in [3.05, 3.63) is 54.5 Å². The van der Waals surface area contributed by atoms with Gasteiger partial charge in [0.2, 0.25) is 0 Å². The van der Waals surface area contributed by atoms with Crippen LogP contribution in [0.25, 0.3) is 28.2 Å². The Labute approximate surface area is 120 Å². The van der Waals surface area contributed by atoms with E-state index in [1.807, 2.05) is 30.5 Å². The first-order valence-electron chi connectivity index (χ1n) is 6.59. The largest absolute Gasteiger partial charge is 0.220 e. The molecule has 0 aliphatic rings. The van der Waals surface area contributed by atoms with Crippen LogP contribution in [0.5, 0.6) is 0 Å². The molecule has 0 radical (unpaired) electrons. The van der Waals surface area contributed by atoms with E-state index >= 15 is 0 Å². The van der Waals surface area contributed by atoms with Crippen LogP contribution in [-0.2, 0) is 0 Å². The Bertz CT molecular complexity index is 903. The van der Waals surface area contributed by atoms with E-state index in [0.29, 0.717) is 0 Å². The Morgan fingerprint density at radius 3 is 2.43 bits per heavy atom. The molecule has 0 bridgehead atoms. The minimum absolute atomic E-state index is 0.802. The highest BCUT2D eigenvalue weighted by Crippen LogP contribution is 2.28. The van der Waals surface area contributed by atoms with Gasteiger partial charge in [0, 0.05) is 17.3 Å². The molecule has 0 saturated carbocycles. The predicted molar refractivity (Wildman–Crippen MR) is 78.5 cm³/mol. The average molecular weight is 276 g/mol. The van der Waals surface area contributed by atoms with Crippen molar-refractivity contribution >= 4 is 5.65 Å². The molecule has 102 valence electrons. The SMILES string of the molecule is Cc1ccc(-c2n[nH]nc2-c2ccc3ncnn3c2)cc1. The number of benzene rings is 1. The van der Waals surface area contributed by atoms with Gasteiger partial charge in [-0.2, -0.15) is 20.5 Å². The van der Waals surface area contributed by atoms with Crippen LogP contribution in [0.3, 0.4) is 0 Å². The number of aryl methyl sites for hydroxylation is 1. The molecular formula is C15H12N6. The molecule has 4 rings (SSSR count). The van der Waals surface area contributed by atoms with E-state index in [1.165, 1.54) is 11.9 Å². The Balaban J connectivity index is 1.85. The van der Waals surface area contributed by atoms with Crippen LogP contribution < -0.4 is 0 Å². The van der Waals surface area contributed by atoms with E-state index in [1.54, 1.807) is 4.52 Å². The summed E-state index contributed by atoms with van der Waals surface area (Å²) in [6.07, 6.45) is 3.43. The molecule has 0 amide bonds. The topological polar surface area (TPSA) is 71.8 Å². The summed E-state index contributed by atoms with van der Waals surface area (Å²) < 4.78 is 1.73. The molecule has 0 spiro atoms. The number of H-pyrrole nitrogens is 1. The molecule has 0 aliphatic heterocycles. The second kappa shape index (κ2) is 4.52. The molecule has 0 saturated heterocycles. The number of fused-ring (bicyclic) bond motifs is 1. The second-order valence-corrected chi connectivity index (χ2v) is 4.87. The van der Waals surface area contributed by atoms with Gasteiger partial charge >= 0.3 is 0 Å². The molecule has 6 nitrogen and oxygen atoms in total. The van der Waals surface area contributed by atoms with Crippen molar-refractivity contribution in [3.8, 4) is 22.5 Å². The predicted octanol–water partition coefficient (Wildman–Crippen LogP) is 2.49. The molecule has 6 heteroatoms. The van der Waals surface area contributed by atoms with Crippen LogP contribution in [0.15, 0.2) is 48.9 Å². The van der Waals surface area contributed by atoms with Crippen molar-refractivity contribution < 1.29 is 0 Å². The number of nitrogens with zero attached hydrogens (tertiary/aromatic N) is 5. The van der Waals surface area contributed by atoms with E-state index in [2.05, 4.69) is 44.5 Å². The van der Waals surface area contributed by atoms with Crippen molar-refractivity contribution in [1.82, 2.24) is 30.0 Å². The first kappa shape index (κ1) is 11.8. The maximum Gasteiger partial charge on any atom is 0.155 e. The Morgan fingerprint density at radius 2 is 1.62 bits per heavy atom. The third kappa shape index (κ3) is 1.97. The standard InChI is InChI=1S/C15H12N6/c1-10-2-4-11(5-3-10)14-15(19-20-18-14)12-6-7-13-16-9-17-21(13)8-12/h2-9H,1H3,(H,18,19,20). The molecular weight excluding hydrogens is 264 g/mol. The summed E-state index contributed by atoms with van der Waals surface area (Å²) in [5.41, 5.74) is 5.62. The lowest BCUT2D eigenvalue weighted by Gasteiger charge is -2.02. The maximum atomic E-state index is 4.28. The van der Waals surface area contributed by atoms with Gasteiger partial charge in [0.1, 0.15) is 17.7 Å². The van der Waals surface area contributed by atoms with Gasteiger partial charge in [-0.05, 0) is 19.1 Å². The molecule has 0 atom stereocenters. The fourth-order valence-corrected chi connectivity index (χ4v) is 2.30. The summed E-state index contributed by atoms with van der Waals surface area (Å²) in [6.45, 7) is 2.06. The summed E-state index contributed by atoms with van der Waals surface area (Å²) in [6, 6.07) is 12.1. The number of aromatic nitrogens is 6. The molecule has 1 aromatic carbocycles. The van der Waals surface area contributed by atoms with Crippen molar-refractivity contribution in [3.63, 3.8) is 0 Å². The molecule has 0 aliphatic carbocycles. The van der Waals surface area contributed by atoms with Crippen LogP contribution >= 0.6 is 0 Å². The summed E-state index contributed by atoms with van der Waals surface area (Å²) in [4.78, 5) is 4.14. The number of nitrogens with one attached hydrogen (secondary N) is 1. The van der Waals surface area contributed by atoms with Crippen LogP contribution in [-0.4, -0.2) is 30.0 Å². The lowest BCUT2D eigenvalue weighted by Crippen LogP contribution is -1.90. The summed E-state index contributed by atoms with van der Waals surface area (Å²) in [7, 11) is 0. The quantitative estimate of drug-likeness (QED) is 0.610. The van der Waals surface area contributed by atoms with Crippen molar-refractivity contribution in [2.45, 2.75) is 6.92 Å². The van der Waals surface area contributed by atoms with E-state index in [-0.39, 0.29) is 0 Å². The summed E-state index contributed by atoms with van der Waals surface area (Å²) in [5, 5.41) is 15.4. The van der Waals surface area contributed by atoms with E-state index in [9.17, 15) is 0 Å². The molecule has 3 heterocycles. The Kier molecular flexibility index (Phi) is 2.53. The fraction of sp³-hybridized carbons (Fsp3) is 0.0667. The molecule has 0 fully saturated rings. The van der Waals surface area contributed by atoms with Gasteiger partial charge < -0.3 is 0 Å². The first-order valence-corrected chi connectivity index (χ1v) is 6.59. The van der Waals surface area contributed by atoms with Gasteiger partial charge in [-0.1, -0.05) is 29.8 Å². The third-order valence-corrected chi connectivity index (χ3v) is 3.42. The fourth-order valence-electron chi connectivity index (χ4n) is 2.30. The lowest BCUT2D eigenvalue weighted by atomic mass is 10.1. The molecule has 3 aromatic heterocycles. The van der Waals surface area contributed by atoms with Crippen molar-refractivity contribution in [2.75, 3.05) is 0 Å². The zero-order chi connectivity index (χ0) is 14.2. The van der Waals surface area contributed by atoms with Crippen LogP contribution in [0, 0.1) is 6.92 Å². The molecule has 4 aromatic rings. The van der Waals surface area contributed by atoms with Gasteiger partial charge in [0.25, 0.3) is 0 Å². The Hall–Kier alpha value is -3.02. The third-order valence-electron chi connectivity index (χ3n) is 3.42. The Morgan fingerprint density at radius 1 is 0.905 bits per heavy atom. The molecule has 0 unspecified atom stereocenters. The van der Waals surface area contributed by atoms with E-state index in [4.69, 9.17) is 0 Å². The highest BCUT2D eigenvalue weighted by atomic mass is 15.3. The van der Waals surface area contributed by atoms with Gasteiger partial charge in [-0.15, -0.1) is 0 Å². The zero-order valence-electron chi connectivity index (χ0n) is 11.4. The summed E-state index contributed by atoms with van der Waals surface area (Å²) >= 11 is 0. The van der Waals surface area contributed by atoms with Gasteiger partial charge in [-0.3, -0.25) is 0 Å². The van der Waals surface area contributed by atoms with Crippen LogP contribution in [0.4, 0.5) is 0 Å². The monoisotopic (exact) mass is 276 g/mol. The lowest BCUT2D eigenvalue weighted by molar-refractivity contribution is 0.939. The molecule has 21 heavy (non-hydrogen) atoms. The van der Waals surface area contributed by atoms with E-state index < -0.39 is 0 Å². The first-order chi connectivity index (χ1) is 10.3. The zero-order valence-corrected chi connectivity index (χ0v) is 11.4. The molecule has 1 N–H and O–H groups in total. The number of aromatic amines is 1. The van der Waals surface area contributed by atoms with Crippen molar-refractivity contribution in [1.29, 1.82) is 0 Å². The number of pyridine rings is 1. The minimum atomic E-state index is 0.802. The summed E-state index contributed by atoms with van der Waals surface area (Å²) in [5.74, 6) is 0. The van der Waals surface area contributed by atoms with Crippen LogP contribution in [0.2, 0.25) is 0 Å². The second-order valence-electron chi connectivity index (χ2n) is 4.87. The number of hydrogen-bond donors (Lipinski definition) is 1.